The van der Waals surface area contributed by atoms with E-state index in [-0.39, 0.29) is 12.1 Å². The van der Waals surface area contributed by atoms with Gasteiger partial charge < -0.3 is 24.7 Å². The van der Waals surface area contributed by atoms with Crippen molar-refractivity contribution in [1.82, 2.24) is 9.88 Å². The zero-order chi connectivity index (χ0) is 23.7. The summed E-state index contributed by atoms with van der Waals surface area (Å²) in [6, 6.07) is 21.6. The third-order valence-corrected chi connectivity index (χ3v) is 6.67. The van der Waals surface area contributed by atoms with E-state index in [2.05, 4.69) is 29.4 Å². The fourth-order valence-electron chi connectivity index (χ4n) is 4.88. The molecule has 6 heteroatoms. The molecule has 0 aliphatic carbocycles. The Kier molecular flexibility index (Phi) is 5.88. The van der Waals surface area contributed by atoms with Crippen LogP contribution in [-0.4, -0.2) is 36.7 Å². The molecule has 1 aliphatic heterocycles. The highest BCUT2D eigenvalue weighted by Crippen LogP contribution is 2.40. The van der Waals surface area contributed by atoms with E-state index in [0.29, 0.717) is 6.54 Å². The molecule has 2 heterocycles. The molecule has 2 amide bonds. The number of benzene rings is 3. The Balaban J connectivity index is 1.58. The molecular weight excluding hydrogens is 426 g/mol. The van der Waals surface area contributed by atoms with Crippen LogP contribution in [0.1, 0.15) is 35.3 Å². The molecule has 6 nitrogen and oxygen atoms in total. The molecule has 2 N–H and O–H groups in total. The van der Waals surface area contributed by atoms with Gasteiger partial charge in [-0.05, 0) is 65.9 Å². The summed E-state index contributed by atoms with van der Waals surface area (Å²) < 4.78 is 10.8. The minimum atomic E-state index is -0.248. The molecule has 0 saturated heterocycles. The zero-order valence-electron chi connectivity index (χ0n) is 19.7. The van der Waals surface area contributed by atoms with Crippen molar-refractivity contribution >= 4 is 22.6 Å². The first-order valence-electron chi connectivity index (χ1n) is 11.6. The summed E-state index contributed by atoms with van der Waals surface area (Å²) in [5, 5.41) is 4.31. The second-order valence-electron chi connectivity index (χ2n) is 8.49. The van der Waals surface area contributed by atoms with E-state index >= 15 is 0 Å². The molecule has 34 heavy (non-hydrogen) atoms. The molecule has 0 bridgehead atoms. The molecule has 1 atom stereocenters. The number of nitrogens with zero attached hydrogens (tertiary/aromatic N) is 1. The number of fused-ring (bicyclic) bond motifs is 3. The monoisotopic (exact) mass is 455 g/mol. The standard InChI is InChI=1S/C28H29N3O3/c1-4-18-7-5-6-8-24(18)30-28(32)31-16-15-22-23-17-21(34-3)13-14-25(23)29-26(22)27(31)19-9-11-20(33-2)12-10-19/h5-14,17,27,29H,4,15-16H2,1-3H3,(H,30,32)/t27-/m0/s1. The minimum Gasteiger partial charge on any atom is -0.497 e. The number of carbonyl (C=O) groups excluding carboxylic acids is 1. The summed E-state index contributed by atoms with van der Waals surface area (Å²) in [7, 11) is 3.34. The van der Waals surface area contributed by atoms with E-state index in [4.69, 9.17) is 9.47 Å². The van der Waals surface area contributed by atoms with Crippen molar-refractivity contribution in [1.29, 1.82) is 0 Å². The van der Waals surface area contributed by atoms with E-state index in [9.17, 15) is 4.79 Å². The van der Waals surface area contributed by atoms with Crippen LogP contribution in [0.3, 0.4) is 0 Å². The van der Waals surface area contributed by atoms with Crippen molar-refractivity contribution in [2.75, 3.05) is 26.1 Å². The third kappa shape index (κ3) is 3.85. The van der Waals surface area contributed by atoms with Crippen molar-refractivity contribution in [3.63, 3.8) is 0 Å². The van der Waals surface area contributed by atoms with Gasteiger partial charge in [0, 0.05) is 28.8 Å². The largest absolute Gasteiger partial charge is 0.497 e. The fraction of sp³-hybridized carbons (Fsp3) is 0.250. The topological polar surface area (TPSA) is 66.6 Å². The van der Waals surface area contributed by atoms with Crippen molar-refractivity contribution in [2.45, 2.75) is 25.8 Å². The summed E-state index contributed by atoms with van der Waals surface area (Å²) in [6.45, 7) is 2.70. The molecule has 0 fully saturated rings. The van der Waals surface area contributed by atoms with Crippen LogP contribution in [0.25, 0.3) is 10.9 Å². The second kappa shape index (κ2) is 9.14. The number of H-pyrrole nitrogens is 1. The number of hydrogen-bond acceptors (Lipinski definition) is 3. The van der Waals surface area contributed by atoms with E-state index in [1.165, 1.54) is 5.56 Å². The maximum atomic E-state index is 13.6. The Hall–Kier alpha value is -3.93. The third-order valence-electron chi connectivity index (χ3n) is 6.67. The van der Waals surface area contributed by atoms with Crippen LogP contribution in [-0.2, 0) is 12.8 Å². The number of amides is 2. The number of aryl methyl sites for hydroxylation is 1. The van der Waals surface area contributed by atoms with E-state index < -0.39 is 0 Å². The number of nitrogens with one attached hydrogen (secondary N) is 2. The van der Waals surface area contributed by atoms with Crippen LogP contribution in [0.2, 0.25) is 0 Å². The number of urea groups is 1. The van der Waals surface area contributed by atoms with Gasteiger partial charge in [-0.1, -0.05) is 37.3 Å². The maximum Gasteiger partial charge on any atom is 0.322 e. The summed E-state index contributed by atoms with van der Waals surface area (Å²) in [6.07, 6.45) is 1.62. The molecule has 0 spiro atoms. The van der Waals surface area contributed by atoms with Gasteiger partial charge in [0.15, 0.2) is 0 Å². The number of carbonyl (C=O) groups is 1. The highest BCUT2D eigenvalue weighted by atomic mass is 16.5. The van der Waals surface area contributed by atoms with Gasteiger partial charge in [-0.15, -0.1) is 0 Å². The van der Waals surface area contributed by atoms with Gasteiger partial charge in [-0.3, -0.25) is 0 Å². The number of aromatic nitrogens is 1. The Bertz CT molecular complexity index is 1330. The lowest BCUT2D eigenvalue weighted by Crippen LogP contribution is -2.43. The molecule has 5 rings (SSSR count). The van der Waals surface area contributed by atoms with Crippen LogP contribution in [0.5, 0.6) is 11.5 Å². The molecule has 4 aromatic rings. The predicted molar refractivity (Wildman–Crippen MR) is 135 cm³/mol. The molecule has 0 radical (unpaired) electrons. The lowest BCUT2D eigenvalue weighted by atomic mass is 9.92. The number of hydrogen-bond donors (Lipinski definition) is 2. The number of para-hydroxylation sites is 1. The summed E-state index contributed by atoms with van der Waals surface area (Å²) in [5.41, 5.74) is 6.32. The van der Waals surface area contributed by atoms with Crippen molar-refractivity contribution in [3.05, 3.63) is 89.1 Å². The average molecular weight is 456 g/mol. The fourth-order valence-corrected chi connectivity index (χ4v) is 4.88. The first-order chi connectivity index (χ1) is 16.6. The Labute approximate surface area is 199 Å². The molecular formula is C28H29N3O3. The van der Waals surface area contributed by atoms with Gasteiger partial charge in [0.05, 0.1) is 20.3 Å². The normalized spacial score (nSPS) is 15.1. The van der Waals surface area contributed by atoms with E-state index in [1.54, 1.807) is 14.2 Å². The highest BCUT2D eigenvalue weighted by Gasteiger charge is 2.35. The lowest BCUT2D eigenvalue weighted by Gasteiger charge is -2.36. The highest BCUT2D eigenvalue weighted by molar-refractivity contribution is 5.92. The van der Waals surface area contributed by atoms with Crippen molar-refractivity contribution in [3.8, 4) is 11.5 Å². The van der Waals surface area contributed by atoms with Gasteiger partial charge in [0.2, 0.25) is 0 Å². The molecule has 1 aliphatic rings. The summed E-state index contributed by atoms with van der Waals surface area (Å²) in [5.74, 6) is 1.61. The number of aromatic amines is 1. The maximum absolute atomic E-state index is 13.6. The number of methoxy groups -OCH3 is 2. The van der Waals surface area contributed by atoms with Gasteiger partial charge in [-0.25, -0.2) is 4.79 Å². The first kappa shape index (κ1) is 21.9. The van der Waals surface area contributed by atoms with E-state index in [1.807, 2.05) is 59.5 Å². The smallest absolute Gasteiger partial charge is 0.322 e. The summed E-state index contributed by atoms with van der Waals surface area (Å²) in [4.78, 5) is 19.2. The van der Waals surface area contributed by atoms with Gasteiger partial charge >= 0.3 is 6.03 Å². The number of rotatable bonds is 5. The quantitative estimate of drug-likeness (QED) is 0.392. The average Bonchev–Trinajstić information content (AvgIpc) is 3.26. The molecule has 3 aromatic carbocycles. The van der Waals surface area contributed by atoms with Crippen LogP contribution in [0.4, 0.5) is 10.5 Å². The number of anilines is 1. The number of ether oxygens (including phenoxy) is 2. The Morgan fingerprint density at radius 1 is 1.03 bits per heavy atom. The minimum absolute atomic E-state index is 0.108. The molecule has 174 valence electrons. The predicted octanol–water partition coefficient (Wildman–Crippen LogP) is 5.93. The Morgan fingerprint density at radius 3 is 2.50 bits per heavy atom. The van der Waals surface area contributed by atoms with E-state index in [0.717, 1.165) is 57.8 Å². The zero-order valence-corrected chi connectivity index (χ0v) is 19.7. The van der Waals surface area contributed by atoms with Crippen LogP contribution in [0.15, 0.2) is 66.7 Å². The summed E-state index contributed by atoms with van der Waals surface area (Å²) >= 11 is 0. The van der Waals surface area contributed by atoms with Gasteiger partial charge in [0.25, 0.3) is 0 Å². The van der Waals surface area contributed by atoms with Crippen molar-refractivity contribution < 1.29 is 14.3 Å². The van der Waals surface area contributed by atoms with Crippen LogP contribution in [0, 0.1) is 0 Å². The van der Waals surface area contributed by atoms with Gasteiger partial charge in [-0.2, -0.15) is 0 Å². The molecule has 1 aromatic heterocycles. The van der Waals surface area contributed by atoms with Crippen LogP contribution < -0.4 is 14.8 Å². The first-order valence-corrected chi connectivity index (χ1v) is 11.6. The van der Waals surface area contributed by atoms with Crippen molar-refractivity contribution in [2.24, 2.45) is 0 Å². The SMILES string of the molecule is CCc1ccccc1NC(=O)N1CCc2c([nH]c3ccc(OC)cc23)[C@@H]1c1ccc(OC)cc1. The lowest BCUT2D eigenvalue weighted by molar-refractivity contribution is 0.193. The molecule has 0 unspecified atom stereocenters. The second-order valence-corrected chi connectivity index (χ2v) is 8.49. The molecule has 0 saturated carbocycles. The van der Waals surface area contributed by atoms with Gasteiger partial charge in [0.1, 0.15) is 11.5 Å². The van der Waals surface area contributed by atoms with Crippen LogP contribution >= 0.6 is 0 Å². The Morgan fingerprint density at radius 2 is 1.76 bits per heavy atom.